The molecule has 0 radical (unpaired) electrons. The standard InChI is InChI=1S/C16H31NO/c1-3-14-7-5-6-8-15(14)16(17-4-2)11-13-9-10-18-12-13/h13-17H,3-12H2,1-2H3. The van der Waals surface area contributed by atoms with E-state index in [1.165, 1.54) is 44.9 Å². The van der Waals surface area contributed by atoms with Crippen molar-refractivity contribution >= 4 is 0 Å². The van der Waals surface area contributed by atoms with Crippen LogP contribution in [-0.2, 0) is 4.74 Å². The SMILES string of the molecule is CCNC(CC1CCOC1)C1CCCCC1CC. The number of nitrogens with one attached hydrogen (secondary N) is 1. The number of rotatable bonds is 6. The summed E-state index contributed by atoms with van der Waals surface area (Å²) in [6.45, 7) is 7.74. The summed E-state index contributed by atoms with van der Waals surface area (Å²) in [6.07, 6.45) is 9.81. The lowest BCUT2D eigenvalue weighted by Crippen LogP contribution is -2.42. The first-order chi connectivity index (χ1) is 8.85. The molecule has 1 heterocycles. The largest absolute Gasteiger partial charge is 0.381 e. The van der Waals surface area contributed by atoms with Crippen LogP contribution in [0.15, 0.2) is 0 Å². The van der Waals surface area contributed by atoms with Crippen LogP contribution in [0.5, 0.6) is 0 Å². The minimum absolute atomic E-state index is 0.743. The van der Waals surface area contributed by atoms with Gasteiger partial charge in [-0.1, -0.05) is 39.5 Å². The summed E-state index contributed by atoms with van der Waals surface area (Å²) in [5, 5.41) is 3.79. The third-order valence-electron chi connectivity index (χ3n) is 5.09. The maximum absolute atomic E-state index is 5.55. The molecule has 0 aromatic rings. The Morgan fingerprint density at radius 3 is 2.67 bits per heavy atom. The van der Waals surface area contributed by atoms with Crippen LogP contribution in [0.2, 0.25) is 0 Å². The zero-order chi connectivity index (χ0) is 12.8. The highest BCUT2D eigenvalue weighted by atomic mass is 16.5. The third-order valence-corrected chi connectivity index (χ3v) is 5.09. The van der Waals surface area contributed by atoms with Crippen LogP contribution in [0.4, 0.5) is 0 Å². The van der Waals surface area contributed by atoms with Crippen molar-refractivity contribution in [2.75, 3.05) is 19.8 Å². The van der Waals surface area contributed by atoms with Crippen molar-refractivity contribution in [3.8, 4) is 0 Å². The average Bonchev–Trinajstić information content (AvgIpc) is 2.91. The van der Waals surface area contributed by atoms with Crippen LogP contribution >= 0.6 is 0 Å². The highest BCUT2D eigenvalue weighted by molar-refractivity contribution is 4.86. The van der Waals surface area contributed by atoms with Gasteiger partial charge in [-0.05, 0) is 43.6 Å². The first-order valence-corrected chi connectivity index (χ1v) is 8.16. The van der Waals surface area contributed by atoms with Gasteiger partial charge in [0.05, 0.1) is 0 Å². The summed E-state index contributed by atoms with van der Waals surface area (Å²) in [5.41, 5.74) is 0. The summed E-state index contributed by atoms with van der Waals surface area (Å²) >= 11 is 0. The van der Waals surface area contributed by atoms with Crippen molar-refractivity contribution in [3.63, 3.8) is 0 Å². The van der Waals surface area contributed by atoms with Crippen LogP contribution in [-0.4, -0.2) is 25.8 Å². The van der Waals surface area contributed by atoms with Crippen LogP contribution in [0, 0.1) is 17.8 Å². The Morgan fingerprint density at radius 1 is 1.17 bits per heavy atom. The van der Waals surface area contributed by atoms with Crippen molar-refractivity contribution in [2.24, 2.45) is 17.8 Å². The molecule has 2 nitrogen and oxygen atoms in total. The Balaban J connectivity index is 1.93. The Hall–Kier alpha value is -0.0800. The monoisotopic (exact) mass is 253 g/mol. The summed E-state index contributed by atoms with van der Waals surface area (Å²) in [7, 11) is 0. The first-order valence-electron chi connectivity index (χ1n) is 8.16. The van der Waals surface area contributed by atoms with E-state index in [0.29, 0.717) is 0 Å². The maximum atomic E-state index is 5.55. The Labute approximate surface area is 113 Å². The lowest BCUT2D eigenvalue weighted by atomic mass is 9.72. The average molecular weight is 253 g/mol. The Bertz CT molecular complexity index is 225. The molecule has 0 spiro atoms. The molecule has 0 bridgehead atoms. The lowest BCUT2D eigenvalue weighted by molar-refractivity contribution is 0.145. The molecule has 0 aromatic carbocycles. The highest BCUT2D eigenvalue weighted by Crippen LogP contribution is 2.37. The van der Waals surface area contributed by atoms with Gasteiger partial charge < -0.3 is 10.1 Å². The minimum atomic E-state index is 0.743. The van der Waals surface area contributed by atoms with Gasteiger partial charge in [0.15, 0.2) is 0 Å². The van der Waals surface area contributed by atoms with Gasteiger partial charge in [0.2, 0.25) is 0 Å². The number of ether oxygens (including phenoxy) is 1. The van der Waals surface area contributed by atoms with Gasteiger partial charge in [-0.2, -0.15) is 0 Å². The molecule has 106 valence electrons. The predicted molar refractivity (Wildman–Crippen MR) is 76.7 cm³/mol. The fraction of sp³-hybridized carbons (Fsp3) is 1.00. The number of hydrogen-bond acceptors (Lipinski definition) is 2. The highest BCUT2D eigenvalue weighted by Gasteiger charge is 2.32. The van der Waals surface area contributed by atoms with Gasteiger partial charge in [-0.3, -0.25) is 0 Å². The zero-order valence-corrected chi connectivity index (χ0v) is 12.3. The molecule has 0 aromatic heterocycles. The Kier molecular flexibility index (Phi) is 5.97. The molecule has 1 saturated carbocycles. The molecule has 4 atom stereocenters. The molecule has 4 unspecified atom stereocenters. The fourth-order valence-electron chi connectivity index (χ4n) is 4.07. The fourth-order valence-corrected chi connectivity index (χ4v) is 4.07. The van der Waals surface area contributed by atoms with Gasteiger partial charge in [0, 0.05) is 19.3 Å². The quantitative estimate of drug-likeness (QED) is 0.781. The molecule has 0 amide bonds. The van der Waals surface area contributed by atoms with Gasteiger partial charge in [0.1, 0.15) is 0 Å². The Morgan fingerprint density at radius 2 is 2.00 bits per heavy atom. The third kappa shape index (κ3) is 3.71. The summed E-state index contributed by atoms with van der Waals surface area (Å²) in [4.78, 5) is 0. The zero-order valence-electron chi connectivity index (χ0n) is 12.3. The van der Waals surface area contributed by atoms with E-state index < -0.39 is 0 Å². The van der Waals surface area contributed by atoms with Crippen LogP contribution in [0.3, 0.4) is 0 Å². The van der Waals surface area contributed by atoms with E-state index in [4.69, 9.17) is 4.74 Å². The van der Waals surface area contributed by atoms with Crippen LogP contribution in [0.1, 0.15) is 58.8 Å². The topological polar surface area (TPSA) is 21.3 Å². The summed E-state index contributed by atoms with van der Waals surface area (Å²) in [5.74, 6) is 2.70. The van der Waals surface area contributed by atoms with Crippen molar-refractivity contribution in [3.05, 3.63) is 0 Å². The molecule has 1 aliphatic heterocycles. The molecular weight excluding hydrogens is 222 g/mol. The van der Waals surface area contributed by atoms with Crippen molar-refractivity contribution in [1.82, 2.24) is 5.32 Å². The minimum Gasteiger partial charge on any atom is -0.381 e. The van der Waals surface area contributed by atoms with Crippen LogP contribution in [0.25, 0.3) is 0 Å². The second kappa shape index (κ2) is 7.49. The molecule has 1 aliphatic carbocycles. The molecule has 1 saturated heterocycles. The van der Waals surface area contributed by atoms with Crippen molar-refractivity contribution in [2.45, 2.75) is 64.8 Å². The van der Waals surface area contributed by atoms with Crippen LogP contribution < -0.4 is 5.32 Å². The van der Waals surface area contributed by atoms with E-state index in [2.05, 4.69) is 19.2 Å². The maximum Gasteiger partial charge on any atom is 0.0495 e. The van der Waals surface area contributed by atoms with E-state index >= 15 is 0 Å². The van der Waals surface area contributed by atoms with E-state index in [0.717, 1.165) is 43.6 Å². The predicted octanol–water partition coefficient (Wildman–Crippen LogP) is 3.61. The van der Waals surface area contributed by atoms with Crippen molar-refractivity contribution < 1.29 is 4.74 Å². The van der Waals surface area contributed by atoms with E-state index in [9.17, 15) is 0 Å². The van der Waals surface area contributed by atoms with E-state index in [1.54, 1.807) is 0 Å². The second-order valence-corrected chi connectivity index (χ2v) is 6.25. The van der Waals surface area contributed by atoms with Gasteiger partial charge in [0.25, 0.3) is 0 Å². The molecular formula is C16H31NO. The molecule has 2 rings (SSSR count). The molecule has 18 heavy (non-hydrogen) atoms. The smallest absolute Gasteiger partial charge is 0.0495 e. The molecule has 1 N–H and O–H groups in total. The summed E-state index contributed by atoms with van der Waals surface area (Å²) < 4.78 is 5.55. The van der Waals surface area contributed by atoms with Gasteiger partial charge >= 0.3 is 0 Å². The molecule has 2 fully saturated rings. The summed E-state index contributed by atoms with van der Waals surface area (Å²) in [6, 6.07) is 0.743. The normalized spacial score (nSPS) is 34.7. The lowest BCUT2D eigenvalue weighted by Gasteiger charge is -2.38. The van der Waals surface area contributed by atoms with Gasteiger partial charge in [-0.25, -0.2) is 0 Å². The number of hydrogen-bond donors (Lipinski definition) is 1. The molecule has 2 heteroatoms. The van der Waals surface area contributed by atoms with E-state index in [-0.39, 0.29) is 0 Å². The molecule has 2 aliphatic rings. The second-order valence-electron chi connectivity index (χ2n) is 6.25. The first kappa shape index (κ1) is 14.3. The van der Waals surface area contributed by atoms with E-state index in [1.807, 2.05) is 0 Å². The van der Waals surface area contributed by atoms with Crippen molar-refractivity contribution in [1.29, 1.82) is 0 Å². The van der Waals surface area contributed by atoms with Gasteiger partial charge in [-0.15, -0.1) is 0 Å².